The van der Waals surface area contributed by atoms with Gasteiger partial charge < -0.3 is 15.0 Å². The standard InChI is InChI=1S/C16H26N2O2/c1-4-15(16(19)20-5-2)17-12-9-13-18(3)14-10-7-6-8-11-14/h6-8,10-11,15,17H,4-5,9,12-13H2,1-3H3. The number of nitrogens with zero attached hydrogens (tertiary/aromatic N) is 1. The number of nitrogens with one attached hydrogen (secondary N) is 1. The van der Waals surface area contributed by atoms with Crippen molar-refractivity contribution in [3.8, 4) is 0 Å². The minimum absolute atomic E-state index is 0.147. The van der Waals surface area contributed by atoms with Crippen molar-refractivity contribution in [2.24, 2.45) is 0 Å². The molecule has 1 unspecified atom stereocenters. The number of para-hydroxylation sites is 1. The van der Waals surface area contributed by atoms with Gasteiger partial charge in [0.05, 0.1) is 6.61 Å². The van der Waals surface area contributed by atoms with Crippen LogP contribution in [-0.4, -0.2) is 38.8 Å². The lowest BCUT2D eigenvalue weighted by Gasteiger charge is -2.20. The molecule has 4 nitrogen and oxygen atoms in total. The number of rotatable bonds is 9. The van der Waals surface area contributed by atoms with Gasteiger partial charge in [0.2, 0.25) is 0 Å². The Morgan fingerprint density at radius 2 is 2.00 bits per heavy atom. The predicted molar refractivity (Wildman–Crippen MR) is 83.0 cm³/mol. The summed E-state index contributed by atoms with van der Waals surface area (Å²) in [6.45, 7) is 6.03. The van der Waals surface area contributed by atoms with Crippen LogP contribution in [0.15, 0.2) is 30.3 Å². The second-order valence-corrected chi connectivity index (χ2v) is 4.78. The zero-order chi connectivity index (χ0) is 14.8. The normalized spacial score (nSPS) is 11.9. The van der Waals surface area contributed by atoms with Gasteiger partial charge >= 0.3 is 5.97 Å². The van der Waals surface area contributed by atoms with Crippen LogP contribution in [0.4, 0.5) is 5.69 Å². The van der Waals surface area contributed by atoms with Crippen LogP contribution in [0.5, 0.6) is 0 Å². The Bertz CT molecular complexity index is 381. The molecule has 1 N–H and O–H groups in total. The topological polar surface area (TPSA) is 41.6 Å². The molecule has 0 aliphatic rings. The lowest BCUT2D eigenvalue weighted by molar-refractivity contribution is -0.145. The fraction of sp³-hybridized carbons (Fsp3) is 0.562. The van der Waals surface area contributed by atoms with Gasteiger partial charge in [-0.3, -0.25) is 4.79 Å². The van der Waals surface area contributed by atoms with Crippen LogP contribution in [-0.2, 0) is 9.53 Å². The van der Waals surface area contributed by atoms with Crippen molar-refractivity contribution in [3.63, 3.8) is 0 Å². The molecule has 0 heterocycles. The van der Waals surface area contributed by atoms with Crippen LogP contribution in [0.2, 0.25) is 0 Å². The summed E-state index contributed by atoms with van der Waals surface area (Å²) in [6, 6.07) is 10.1. The van der Waals surface area contributed by atoms with Crippen molar-refractivity contribution in [1.82, 2.24) is 5.32 Å². The first-order valence-electron chi connectivity index (χ1n) is 7.35. The molecule has 0 radical (unpaired) electrons. The maximum Gasteiger partial charge on any atom is 0.323 e. The van der Waals surface area contributed by atoms with Crippen molar-refractivity contribution in [3.05, 3.63) is 30.3 Å². The minimum atomic E-state index is -0.183. The Morgan fingerprint density at radius 1 is 1.30 bits per heavy atom. The van der Waals surface area contributed by atoms with Crippen LogP contribution in [0, 0.1) is 0 Å². The largest absolute Gasteiger partial charge is 0.465 e. The predicted octanol–water partition coefficient (Wildman–Crippen LogP) is 2.44. The van der Waals surface area contributed by atoms with Crippen molar-refractivity contribution >= 4 is 11.7 Å². The molecule has 1 aromatic carbocycles. The molecular weight excluding hydrogens is 252 g/mol. The molecule has 0 amide bonds. The van der Waals surface area contributed by atoms with Crippen LogP contribution >= 0.6 is 0 Å². The van der Waals surface area contributed by atoms with Gasteiger partial charge in [-0.15, -0.1) is 0 Å². The van der Waals surface area contributed by atoms with E-state index < -0.39 is 0 Å². The molecule has 0 saturated carbocycles. The summed E-state index contributed by atoms with van der Waals surface area (Å²) in [5.41, 5.74) is 1.21. The molecule has 20 heavy (non-hydrogen) atoms. The van der Waals surface area contributed by atoms with E-state index in [1.807, 2.05) is 32.0 Å². The van der Waals surface area contributed by atoms with E-state index >= 15 is 0 Å². The van der Waals surface area contributed by atoms with E-state index in [-0.39, 0.29) is 12.0 Å². The van der Waals surface area contributed by atoms with E-state index in [4.69, 9.17) is 4.74 Å². The summed E-state index contributed by atoms with van der Waals surface area (Å²) in [6.07, 6.45) is 1.74. The maximum atomic E-state index is 11.6. The van der Waals surface area contributed by atoms with E-state index in [2.05, 4.69) is 29.4 Å². The van der Waals surface area contributed by atoms with Crippen LogP contribution in [0.3, 0.4) is 0 Å². The van der Waals surface area contributed by atoms with E-state index in [0.29, 0.717) is 6.61 Å². The van der Waals surface area contributed by atoms with E-state index in [1.54, 1.807) is 0 Å². The van der Waals surface area contributed by atoms with Crippen molar-refractivity contribution < 1.29 is 9.53 Å². The summed E-state index contributed by atoms with van der Waals surface area (Å²) in [4.78, 5) is 13.8. The number of carbonyl (C=O) groups excluding carboxylic acids is 1. The molecule has 0 spiro atoms. The van der Waals surface area contributed by atoms with E-state index in [0.717, 1.165) is 25.9 Å². The summed E-state index contributed by atoms with van der Waals surface area (Å²) < 4.78 is 5.03. The molecule has 0 fully saturated rings. The Kier molecular flexibility index (Phi) is 7.73. The average molecular weight is 278 g/mol. The number of esters is 1. The van der Waals surface area contributed by atoms with Crippen LogP contribution in [0.25, 0.3) is 0 Å². The van der Waals surface area contributed by atoms with Crippen molar-refractivity contribution in [2.75, 3.05) is 31.6 Å². The molecule has 1 atom stereocenters. The molecule has 1 rings (SSSR count). The highest BCUT2D eigenvalue weighted by Crippen LogP contribution is 2.10. The first-order valence-corrected chi connectivity index (χ1v) is 7.35. The Labute approximate surface area is 122 Å². The Balaban J connectivity index is 2.25. The molecule has 0 aromatic heterocycles. The smallest absolute Gasteiger partial charge is 0.323 e. The molecule has 0 aliphatic carbocycles. The van der Waals surface area contributed by atoms with Gasteiger partial charge in [-0.2, -0.15) is 0 Å². The van der Waals surface area contributed by atoms with Gasteiger partial charge in [0, 0.05) is 19.3 Å². The number of anilines is 1. The highest BCUT2D eigenvalue weighted by molar-refractivity contribution is 5.75. The van der Waals surface area contributed by atoms with Crippen LogP contribution < -0.4 is 10.2 Å². The third kappa shape index (κ3) is 5.61. The lowest BCUT2D eigenvalue weighted by Crippen LogP contribution is -2.38. The molecule has 4 heteroatoms. The van der Waals surface area contributed by atoms with Gasteiger partial charge in [0.15, 0.2) is 0 Å². The van der Waals surface area contributed by atoms with Gasteiger partial charge in [-0.25, -0.2) is 0 Å². The van der Waals surface area contributed by atoms with Crippen molar-refractivity contribution in [1.29, 1.82) is 0 Å². The third-order valence-electron chi connectivity index (χ3n) is 3.24. The number of hydrogen-bond acceptors (Lipinski definition) is 4. The molecule has 1 aromatic rings. The number of benzene rings is 1. The highest BCUT2D eigenvalue weighted by Gasteiger charge is 2.16. The fourth-order valence-corrected chi connectivity index (χ4v) is 2.04. The number of carbonyl (C=O) groups is 1. The first kappa shape index (κ1) is 16.5. The van der Waals surface area contributed by atoms with E-state index in [9.17, 15) is 4.79 Å². The molecule has 112 valence electrons. The van der Waals surface area contributed by atoms with Gasteiger partial charge in [0.1, 0.15) is 6.04 Å². The average Bonchev–Trinajstić information content (AvgIpc) is 2.48. The van der Waals surface area contributed by atoms with Gasteiger partial charge in [0.25, 0.3) is 0 Å². The SMILES string of the molecule is CCOC(=O)C(CC)NCCCN(C)c1ccccc1. The fourth-order valence-electron chi connectivity index (χ4n) is 2.04. The maximum absolute atomic E-state index is 11.6. The van der Waals surface area contributed by atoms with E-state index in [1.165, 1.54) is 5.69 Å². The first-order chi connectivity index (χ1) is 9.69. The Hall–Kier alpha value is -1.55. The summed E-state index contributed by atoms with van der Waals surface area (Å²) in [5, 5.41) is 3.26. The highest BCUT2D eigenvalue weighted by atomic mass is 16.5. The second kappa shape index (κ2) is 9.37. The second-order valence-electron chi connectivity index (χ2n) is 4.78. The number of ether oxygens (including phenoxy) is 1. The molecule has 0 saturated heterocycles. The van der Waals surface area contributed by atoms with Crippen LogP contribution in [0.1, 0.15) is 26.7 Å². The third-order valence-corrected chi connectivity index (χ3v) is 3.24. The summed E-state index contributed by atoms with van der Waals surface area (Å²) >= 11 is 0. The minimum Gasteiger partial charge on any atom is -0.465 e. The monoisotopic (exact) mass is 278 g/mol. The van der Waals surface area contributed by atoms with Gasteiger partial charge in [-0.1, -0.05) is 25.1 Å². The number of hydrogen-bond donors (Lipinski definition) is 1. The summed E-state index contributed by atoms with van der Waals surface area (Å²) in [7, 11) is 2.08. The zero-order valence-corrected chi connectivity index (χ0v) is 12.8. The summed E-state index contributed by atoms with van der Waals surface area (Å²) in [5.74, 6) is -0.147. The molecular formula is C16H26N2O2. The Morgan fingerprint density at radius 3 is 2.60 bits per heavy atom. The van der Waals surface area contributed by atoms with Crippen molar-refractivity contribution in [2.45, 2.75) is 32.7 Å². The lowest BCUT2D eigenvalue weighted by atomic mass is 10.2. The molecule has 0 bridgehead atoms. The zero-order valence-electron chi connectivity index (χ0n) is 12.8. The van der Waals surface area contributed by atoms with Gasteiger partial charge in [-0.05, 0) is 38.4 Å². The quantitative estimate of drug-likeness (QED) is 0.556. The molecule has 0 aliphatic heterocycles.